The molecule has 0 aromatic carbocycles. The molecule has 0 bridgehead atoms. The minimum absolute atomic E-state index is 0.274. The number of fused-ring (bicyclic) bond motifs is 1. The Hall–Kier alpha value is -1.49. The highest BCUT2D eigenvalue weighted by molar-refractivity contribution is 6.33. The fourth-order valence-corrected chi connectivity index (χ4v) is 1.06. The first-order valence-electron chi connectivity index (χ1n) is 3.48. The highest BCUT2D eigenvalue weighted by Crippen LogP contribution is 2.17. The molecule has 0 aliphatic heterocycles. The number of methoxy groups -OCH3 is 1. The van der Waals surface area contributed by atoms with Crippen molar-refractivity contribution >= 4 is 22.8 Å². The molecule has 2 aromatic rings. The third-order valence-electron chi connectivity index (χ3n) is 1.49. The van der Waals surface area contributed by atoms with Gasteiger partial charge in [-0.3, -0.25) is 0 Å². The van der Waals surface area contributed by atoms with Crippen LogP contribution in [0.1, 0.15) is 0 Å². The summed E-state index contributed by atoms with van der Waals surface area (Å²) in [6.45, 7) is 0. The van der Waals surface area contributed by atoms with Crippen molar-refractivity contribution in [3.05, 3.63) is 17.7 Å². The molecule has 2 rings (SSSR count). The SMILES string of the molecule is COc1cnc2ncnc(Cl)c2n1. The highest BCUT2D eigenvalue weighted by Gasteiger charge is 2.04. The molecule has 0 fully saturated rings. The zero-order valence-corrected chi connectivity index (χ0v) is 7.49. The summed E-state index contributed by atoms with van der Waals surface area (Å²) in [6, 6.07) is 0. The number of ether oxygens (including phenoxy) is 1. The Labute approximate surface area is 78.8 Å². The highest BCUT2D eigenvalue weighted by atomic mass is 35.5. The fraction of sp³-hybridized carbons (Fsp3) is 0.143. The van der Waals surface area contributed by atoms with Gasteiger partial charge in [-0.05, 0) is 0 Å². The number of rotatable bonds is 1. The Bertz CT molecular complexity index is 447. The predicted molar refractivity (Wildman–Crippen MR) is 46.7 cm³/mol. The maximum absolute atomic E-state index is 5.78. The average Bonchev–Trinajstić information content (AvgIpc) is 2.18. The lowest BCUT2D eigenvalue weighted by Gasteiger charge is -1.99. The number of halogens is 1. The van der Waals surface area contributed by atoms with Crippen LogP contribution in [0.3, 0.4) is 0 Å². The second-order valence-corrected chi connectivity index (χ2v) is 2.61. The van der Waals surface area contributed by atoms with Crippen LogP contribution < -0.4 is 4.74 Å². The van der Waals surface area contributed by atoms with Crippen molar-refractivity contribution in [3.8, 4) is 5.88 Å². The number of hydrogen-bond donors (Lipinski definition) is 0. The molecule has 0 aliphatic rings. The molecular formula is C7H5ClN4O. The standard InChI is InChI=1S/C7H5ClN4O/c1-13-4-2-9-7-5(12-4)6(8)10-3-11-7/h2-3H,1H3. The minimum atomic E-state index is 0.274. The van der Waals surface area contributed by atoms with E-state index in [0.717, 1.165) is 0 Å². The minimum Gasteiger partial charge on any atom is -0.480 e. The maximum atomic E-state index is 5.78. The summed E-state index contributed by atoms with van der Waals surface area (Å²) in [4.78, 5) is 15.7. The van der Waals surface area contributed by atoms with Crippen LogP contribution in [0.5, 0.6) is 5.88 Å². The van der Waals surface area contributed by atoms with Crippen LogP contribution >= 0.6 is 11.6 Å². The van der Waals surface area contributed by atoms with Crippen LogP contribution in [0, 0.1) is 0 Å². The van der Waals surface area contributed by atoms with Gasteiger partial charge < -0.3 is 4.74 Å². The molecule has 0 saturated heterocycles. The van der Waals surface area contributed by atoms with Crippen molar-refractivity contribution < 1.29 is 4.74 Å². The molecule has 13 heavy (non-hydrogen) atoms. The third kappa shape index (κ3) is 1.38. The van der Waals surface area contributed by atoms with Gasteiger partial charge in [0.2, 0.25) is 5.88 Å². The topological polar surface area (TPSA) is 60.8 Å². The van der Waals surface area contributed by atoms with Gasteiger partial charge in [0, 0.05) is 0 Å². The molecule has 0 saturated carbocycles. The molecule has 0 amide bonds. The Morgan fingerprint density at radius 3 is 2.92 bits per heavy atom. The Kier molecular flexibility index (Phi) is 1.94. The largest absolute Gasteiger partial charge is 0.480 e. The van der Waals surface area contributed by atoms with Gasteiger partial charge in [-0.15, -0.1) is 0 Å². The van der Waals surface area contributed by atoms with E-state index in [1.54, 1.807) is 0 Å². The van der Waals surface area contributed by atoms with Crippen molar-refractivity contribution in [2.24, 2.45) is 0 Å². The Morgan fingerprint density at radius 1 is 1.31 bits per heavy atom. The van der Waals surface area contributed by atoms with E-state index in [4.69, 9.17) is 16.3 Å². The van der Waals surface area contributed by atoms with Crippen LogP contribution in [-0.2, 0) is 0 Å². The van der Waals surface area contributed by atoms with Gasteiger partial charge in [-0.25, -0.2) is 19.9 Å². The van der Waals surface area contributed by atoms with Crippen LogP contribution in [0.25, 0.3) is 11.2 Å². The van der Waals surface area contributed by atoms with Crippen molar-refractivity contribution in [2.75, 3.05) is 7.11 Å². The lowest BCUT2D eigenvalue weighted by Crippen LogP contribution is -1.93. The summed E-state index contributed by atoms with van der Waals surface area (Å²) in [5, 5.41) is 0.274. The first kappa shape index (κ1) is 8.12. The molecule has 66 valence electrons. The Morgan fingerprint density at radius 2 is 2.15 bits per heavy atom. The second kappa shape index (κ2) is 3.10. The maximum Gasteiger partial charge on any atom is 0.232 e. The molecule has 5 nitrogen and oxygen atoms in total. The van der Waals surface area contributed by atoms with E-state index in [9.17, 15) is 0 Å². The summed E-state index contributed by atoms with van der Waals surface area (Å²) in [5.41, 5.74) is 0.907. The van der Waals surface area contributed by atoms with E-state index in [1.807, 2.05) is 0 Å². The summed E-state index contributed by atoms with van der Waals surface area (Å²) in [6.07, 6.45) is 2.82. The molecule has 0 N–H and O–H groups in total. The van der Waals surface area contributed by atoms with Gasteiger partial charge in [-0.2, -0.15) is 0 Å². The average molecular weight is 197 g/mol. The van der Waals surface area contributed by atoms with Crippen LogP contribution in [0.15, 0.2) is 12.5 Å². The third-order valence-corrected chi connectivity index (χ3v) is 1.76. The van der Waals surface area contributed by atoms with E-state index in [0.29, 0.717) is 17.0 Å². The van der Waals surface area contributed by atoms with Gasteiger partial charge in [0.25, 0.3) is 0 Å². The molecule has 0 spiro atoms. The van der Waals surface area contributed by atoms with E-state index in [-0.39, 0.29) is 5.15 Å². The summed E-state index contributed by atoms with van der Waals surface area (Å²) in [7, 11) is 1.51. The molecule has 0 radical (unpaired) electrons. The summed E-state index contributed by atoms with van der Waals surface area (Å²) in [5.74, 6) is 0.393. The smallest absolute Gasteiger partial charge is 0.232 e. The van der Waals surface area contributed by atoms with E-state index in [2.05, 4.69) is 19.9 Å². The molecule has 2 aromatic heterocycles. The molecular weight excluding hydrogens is 192 g/mol. The first-order chi connectivity index (χ1) is 6.31. The second-order valence-electron chi connectivity index (χ2n) is 2.25. The molecule has 0 atom stereocenters. The van der Waals surface area contributed by atoms with E-state index >= 15 is 0 Å². The predicted octanol–water partition coefficient (Wildman–Crippen LogP) is 1.08. The van der Waals surface area contributed by atoms with Crippen LogP contribution in [0.2, 0.25) is 5.15 Å². The fourth-order valence-electron chi connectivity index (χ4n) is 0.893. The lowest BCUT2D eigenvalue weighted by atomic mass is 10.5. The van der Waals surface area contributed by atoms with E-state index in [1.165, 1.54) is 19.6 Å². The first-order valence-corrected chi connectivity index (χ1v) is 3.86. The van der Waals surface area contributed by atoms with Crippen molar-refractivity contribution in [1.82, 2.24) is 19.9 Å². The monoisotopic (exact) mass is 196 g/mol. The normalized spacial score (nSPS) is 10.3. The van der Waals surface area contributed by atoms with Gasteiger partial charge in [0.05, 0.1) is 13.3 Å². The van der Waals surface area contributed by atoms with Crippen LogP contribution in [-0.4, -0.2) is 27.0 Å². The van der Waals surface area contributed by atoms with Crippen molar-refractivity contribution in [2.45, 2.75) is 0 Å². The number of nitrogens with zero attached hydrogens (tertiary/aromatic N) is 4. The van der Waals surface area contributed by atoms with Gasteiger partial charge in [0.1, 0.15) is 11.8 Å². The van der Waals surface area contributed by atoms with Gasteiger partial charge in [0.15, 0.2) is 10.8 Å². The van der Waals surface area contributed by atoms with Gasteiger partial charge >= 0.3 is 0 Å². The lowest BCUT2D eigenvalue weighted by molar-refractivity contribution is 0.397. The zero-order chi connectivity index (χ0) is 9.26. The molecule has 2 heterocycles. The van der Waals surface area contributed by atoms with Gasteiger partial charge in [-0.1, -0.05) is 11.6 Å². The molecule has 0 unspecified atom stereocenters. The van der Waals surface area contributed by atoms with Crippen molar-refractivity contribution in [3.63, 3.8) is 0 Å². The Balaban J connectivity index is 2.74. The summed E-state index contributed by atoms with van der Waals surface area (Å²) >= 11 is 5.78. The van der Waals surface area contributed by atoms with E-state index < -0.39 is 0 Å². The zero-order valence-electron chi connectivity index (χ0n) is 6.73. The quantitative estimate of drug-likeness (QED) is 0.639. The summed E-state index contributed by atoms with van der Waals surface area (Å²) < 4.78 is 4.89. The molecule has 6 heteroatoms. The molecule has 0 aliphatic carbocycles. The van der Waals surface area contributed by atoms with Crippen molar-refractivity contribution in [1.29, 1.82) is 0 Å². The van der Waals surface area contributed by atoms with Crippen LogP contribution in [0.4, 0.5) is 0 Å². The number of hydrogen-bond acceptors (Lipinski definition) is 5. The number of aromatic nitrogens is 4.